The Kier molecular flexibility index (Phi) is 17.2. The predicted molar refractivity (Wildman–Crippen MR) is 61.1 cm³/mol. The predicted octanol–water partition coefficient (Wildman–Crippen LogP) is 4.27. The van der Waals surface area contributed by atoms with Crippen LogP contribution < -0.4 is 0 Å². The van der Waals surface area contributed by atoms with Crippen LogP contribution >= 0.6 is 0 Å². The van der Waals surface area contributed by atoms with Crippen LogP contribution in [0.4, 0.5) is 0 Å². The van der Waals surface area contributed by atoms with Crippen molar-refractivity contribution >= 4 is 0 Å². The standard InChI is InChI=1S/C7H14.C3H8O.C2H6/c1-7-5-3-2-4-6-7;1-3-4-2;1-2/h7H,2-6H2,1H3;3H2,1-2H3;1-2H3. The second-order valence-electron chi connectivity index (χ2n) is 3.32. The molecule has 0 aromatic heterocycles. The van der Waals surface area contributed by atoms with Gasteiger partial charge in [0.25, 0.3) is 0 Å². The molecule has 0 heterocycles. The summed E-state index contributed by atoms with van der Waals surface area (Å²) in [5, 5.41) is 0. The summed E-state index contributed by atoms with van der Waals surface area (Å²) in [6, 6.07) is 0. The van der Waals surface area contributed by atoms with E-state index in [1.54, 1.807) is 7.11 Å². The van der Waals surface area contributed by atoms with E-state index < -0.39 is 0 Å². The highest BCUT2D eigenvalue weighted by molar-refractivity contribution is 4.59. The average molecular weight is 188 g/mol. The molecule has 0 spiro atoms. The summed E-state index contributed by atoms with van der Waals surface area (Å²) in [7, 11) is 1.68. The topological polar surface area (TPSA) is 9.23 Å². The number of rotatable bonds is 1. The minimum Gasteiger partial charge on any atom is -0.385 e. The van der Waals surface area contributed by atoms with Gasteiger partial charge in [0, 0.05) is 13.7 Å². The highest BCUT2D eigenvalue weighted by Crippen LogP contribution is 2.21. The van der Waals surface area contributed by atoms with Gasteiger partial charge in [0.15, 0.2) is 0 Å². The summed E-state index contributed by atoms with van der Waals surface area (Å²) in [5.74, 6) is 1.04. The molecule has 13 heavy (non-hydrogen) atoms. The molecule has 0 N–H and O–H groups in total. The molecular formula is C12H28O. The highest BCUT2D eigenvalue weighted by Gasteiger charge is 2.05. The molecule has 0 saturated heterocycles. The van der Waals surface area contributed by atoms with Crippen molar-refractivity contribution in [2.75, 3.05) is 13.7 Å². The van der Waals surface area contributed by atoms with Gasteiger partial charge in [0.1, 0.15) is 0 Å². The fourth-order valence-electron chi connectivity index (χ4n) is 1.31. The molecule has 82 valence electrons. The van der Waals surface area contributed by atoms with Gasteiger partial charge in [-0.25, -0.2) is 0 Å². The lowest BCUT2D eigenvalue weighted by atomic mass is 9.91. The largest absolute Gasteiger partial charge is 0.385 e. The Bertz CT molecular complexity index is 63.5. The summed E-state index contributed by atoms with van der Waals surface area (Å²) in [6.45, 7) is 9.14. The second kappa shape index (κ2) is 14.5. The van der Waals surface area contributed by atoms with Gasteiger partial charge in [-0.2, -0.15) is 0 Å². The molecule has 0 amide bonds. The summed E-state index contributed by atoms with van der Waals surface area (Å²) in [6.07, 6.45) is 7.44. The van der Waals surface area contributed by atoms with Gasteiger partial charge in [0.2, 0.25) is 0 Å². The summed E-state index contributed by atoms with van der Waals surface area (Å²) in [4.78, 5) is 0. The van der Waals surface area contributed by atoms with Gasteiger partial charge in [-0.1, -0.05) is 52.9 Å². The third kappa shape index (κ3) is 14.8. The molecule has 0 aromatic rings. The van der Waals surface area contributed by atoms with Gasteiger partial charge in [0.05, 0.1) is 0 Å². The van der Waals surface area contributed by atoms with E-state index in [9.17, 15) is 0 Å². The van der Waals surface area contributed by atoms with E-state index in [2.05, 4.69) is 11.7 Å². The van der Waals surface area contributed by atoms with Crippen LogP contribution in [-0.2, 0) is 4.74 Å². The molecule has 1 aliphatic rings. The highest BCUT2D eigenvalue weighted by atomic mass is 16.5. The van der Waals surface area contributed by atoms with E-state index in [4.69, 9.17) is 0 Å². The quantitative estimate of drug-likeness (QED) is 0.597. The van der Waals surface area contributed by atoms with Crippen molar-refractivity contribution in [1.29, 1.82) is 0 Å². The maximum Gasteiger partial charge on any atom is 0.0433 e. The van der Waals surface area contributed by atoms with Crippen LogP contribution in [0.5, 0.6) is 0 Å². The van der Waals surface area contributed by atoms with Crippen LogP contribution in [0.3, 0.4) is 0 Å². The van der Waals surface area contributed by atoms with Crippen LogP contribution in [0.25, 0.3) is 0 Å². The van der Waals surface area contributed by atoms with E-state index in [1.165, 1.54) is 32.1 Å². The van der Waals surface area contributed by atoms with E-state index in [-0.39, 0.29) is 0 Å². The van der Waals surface area contributed by atoms with Crippen molar-refractivity contribution in [3.63, 3.8) is 0 Å². The fourth-order valence-corrected chi connectivity index (χ4v) is 1.31. The SMILES string of the molecule is CC.CC1CCCCC1.CCOC. The third-order valence-electron chi connectivity index (χ3n) is 2.18. The first-order chi connectivity index (χ1) is 6.31. The minimum absolute atomic E-state index is 0.819. The molecule has 0 bridgehead atoms. The Labute approximate surface area is 84.9 Å². The summed E-state index contributed by atoms with van der Waals surface area (Å²) in [5.41, 5.74) is 0. The molecule has 1 aliphatic carbocycles. The first-order valence-electron chi connectivity index (χ1n) is 5.80. The monoisotopic (exact) mass is 188 g/mol. The molecule has 0 atom stereocenters. The van der Waals surface area contributed by atoms with Crippen molar-refractivity contribution in [2.24, 2.45) is 5.92 Å². The van der Waals surface area contributed by atoms with Crippen molar-refractivity contribution < 1.29 is 4.74 Å². The number of ether oxygens (including phenoxy) is 1. The van der Waals surface area contributed by atoms with Crippen LogP contribution in [0, 0.1) is 5.92 Å². The molecule has 0 aromatic carbocycles. The molecule has 0 radical (unpaired) electrons. The Morgan fingerprint density at radius 1 is 1.08 bits per heavy atom. The van der Waals surface area contributed by atoms with E-state index in [0.717, 1.165) is 12.5 Å². The van der Waals surface area contributed by atoms with E-state index in [1.807, 2.05) is 20.8 Å². The number of hydrogen-bond donors (Lipinski definition) is 0. The zero-order chi connectivity index (χ0) is 10.5. The first kappa shape index (κ1) is 15.4. The average Bonchev–Trinajstić information content (AvgIpc) is 2.22. The smallest absolute Gasteiger partial charge is 0.0433 e. The lowest BCUT2D eigenvalue weighted by Gasteiger charge is -2.15. The maximum absolute atomic E-state index is 4.54. The Balaban J connectivity index is 0. The second-order valence-corrected chi connectivity index (χ2v) is 3.32. The molecule has 1 fully saturated rings. The number of hydrogen-bond acceptors (Lipinski definition) is 1. The zero-order valence-corrected chi connectivity index (χ0v) is 10.2. The van der Waals surface area contributed by atoms with E-state index >= 15 is 0 Å². The molecule has 1 rings (SSSR count). The van der Waals surface area contributed by atoms with Gasteiger partial charge >= 0.3 is 0 Å². The molecule has 1 saturated carbocycles. The number of methoxy groups -OCH3 is 1. The van der Waals surface area contributed by atoms with Crippen LogP contribution in [0.15, 0.2) is 0 Å². The van der Waals surface area contributed by atoms with Crippen molar-refractivity contribution in [3.05, 3.63) is 0 Å². The molecule has 1 heteroatoms. The zero-order valence-electron chi connectivity index (χ0n) is 10.2. The van der Waals surface area contributed by atoms with Crippen LogP contribution in [-0.4, -0.2) is 13.7 Å². The Hall–Kier alpha value is -0.0400. The minimum atomic E-state index is 0.819. The normalized spacial score (nSPS) is 16.4. The molecule has 1 nitrogen and oxygen atoms in total. The lowest BCUT2D eigenvalue weighted by Crippen LogP contribution is -1.99. The van der Waals surface area contributed by atoms with Gasteiger partial charge in [-0.15, -0.1) is 0 Å². The van der Waals surface area contributed by atoms with Gasteiger partial charge < -0.3 is 4.74 Å². The molecule has 0 aliphatic heterocycles. The van der Waals surface area contributed by atoms with Crippen LogP contribution in [0.2, 0.25) is 0 Å². The van der Waals surface area contributed by atoms with Crippen molar-refractivity contribution in [2.45, 2.75) is 59.8 Å². The van der Waals surface area contributed by atoms with Crippen molar-refractivity contribution in [3.8, 4) is 0 Å². The van der Waals surface area contributed by atoms with Gasteiger partial charge in [-0.05, 0) is 12.8 Å². The first-order valence-corrected chi connectivity index (χ1v) is 5.80. The molecular weight excluding hydrogens is 160 g/mol. The Morgan fingerprint density at radius 2 is 1.46 bits per heavy atom. The molecule has 0 unspecified atom stereocenters. The lowest BCUT2D eigenvalue weighted by molar-refractivity contribution is 0.215. The van der Waals surface area contributed by atoms with Gasteiger partial charge in [-0.3, -0.25) is 0 Å². The summed E-state index contributed by atoms with van der Waals surface area (Å²) >= 11 is 0. The van der Waals surface area contributed by atoms with E-state index in [0.29, 0.717) is 0 Å². The maximum atomic E-state index is 4.54. The van der Waals surface area contributed by atoms with Crippen LogP contribution in [0.1, 0.15) is 59.8 Å². The third-order valence-corrected chi connectivity index (χ3v) is 2.18. The fraction of sp³-hybridized carbons (Fsp3) is 1.00. The van der Waals surface area contributed by atoms with Crippen molar-refractivity contribution in [1.82, 2.24) is 0 Å². The summed E-state index contributed by atoms with van der Waals surface area (Å²) < 4.78 is 4.54. The Morgan fingerprint density at radius 3 is 1.62 bits per heavy atom.